The number of carboxylic acid groups (broad SMARTS) is 1. The maximum Gasteiger partial charge on any atom is 0.317 e. The van der Waals surface area contributed by atoms with Crippen LogP contribution in [0.4, 0.5) is 8.78 Å². The molecule has 146 valence electrons. The molecule has 2 heterocycles. The van der Waals surface area contributed by atoms with Crippen LogP contribution in [0.5, 0.6) is 0 Å². The number of benzene rings is 1. The minimum atomic E-state index is -0.881. The van der Waals surface area contributed by atoms with Gasteiger partial charge in [-0.25, -0.2) is 8.78 Å². The van der Waals surface area contributed by atoms with Crippen molar-refractivity contribution in [3.63, 3.8) is 0 Å². The predicted molar refractivity (Wildman–Crippen MR) is 94.2 cm³/mol. The van der Waals surface area contributed by atoms with Gasteiger partial charge in [-0.3, -0.25) is 14.6 Å². The first kappa shape index (κ1) is 19.5. The molecular weight excluding hydrogens is 358 g/mol. The van der Waals surface area contributed by atoms with Crippen LogP contribution in [-0.2, 0) is 16.1 Å². The molecule has 1 aromatic carbocycles. The van der Waals surface area contributed by atoms with Crippen molar-refractivity contribution in [2.45, 2.75) is 12.6 Å². The van der Waals surface area contributed by atoms with Gasteiger partial charge in [-0.05, 0) is 31.3 Å². The molecule has 0 aliphatic carbocycles. The molecule has 1 N–H and O–H groups in total. The van der Waals surface area contributed by atoms with E-state index in [4.69, 9.17) is 14.3 Å². The number of hydrogen-bond donors (Lipinski definition) is 1. The highest BCUT2D eigenvalue weighted by atomic mass is 19.1. The van der Waals surface area contributed by atoms with Crippen LogP contribution in [0, 0.1) is 11.6 Å². The maximum atomic E-state index is 13.9. The molecule has 1 fully saturated rings. The van der Waals surface area contributed by atoms with E-state index in [-0.39, 0.29) is 24.0 Å². The minimum Gasteiger partial charge on any atom is -0.480 e. The summed E-state index contributed by atoms with van der Waals surface area (Å²) in [4.78, 5) is 14.6. The highest BCUT2D eigenvalue weighted by molar-refractivity contribution is 5.69. The number of furan rings is 1. The molecular formula is C19H22F2N2O4. The lowest BCUT2D eigenvalue weighted by atomic mass is 10.1. The van der Waals surface area contributed by atoms with Crippen LogP contribution in [-0.4, -0.2) is 66.8 Å². The normalized spacial score (nSPS) is 18.1. The largest absolute Gasteiger partial charge is 0.480 e. The first-order valence-electron chi connectivity index (χ1n) is 8.69. The second kappa shape index (κ2) is 8.60. The van der Waals surface area contributed by atoms with Crippen LogP contribution in [0.3, 0.4) is 0 Å². The lowest BCUT2D eigenvalue weighted by Crippen LogP contribution is -2.47. The summed E-state index contributed by atoms with van der Waals surface area (Å²) in [6.07, 6.45) is -0.110. The number of likely N-dealkylation sites (N-methyl/N-ethyl adjacent to an activating group) is 1. The fraction of sp³-hybridized carbons (Fsp3) is 0.421. The van der Waals surface area contributed by atoms with Gasteiger partial charge in [-0.15, -0.1) is 0 Å². The summed E-state index contributed by atoms with van der Waals surface area (Å²) >= 11 is 0. The monoisotopic (exact) mass is 380 g/mol. The van der Waals surface area contributed by atoms with Gasteiger partial charge in [-0.2, -0.15) is 0 Å². The van der Waals surface area contributed by atoms with Crippen LogP contribution >= 0.6 is 0 Å². The average Bonchev–Trinajstić information content (AvgIpc) is 3.02. The number of halogens is 2. The summed E-state index contributed by atoms with van der Waals surface area (Å²) in [5, 5.41) is 8.84. The molecule has 1 saturated heterocycles. The number of morpholine rings is 1. The highest BCUT2D eigenvalue weighted by Crippen LogP contribution is 2.28. The second-order valence-corrected chi connectivity index (χ2v) is 6.68. The number of rotatable bonds is 7. The first-order valence-corrected chi connectivity index (χ1v) is 8.69. The van der Waals surface area contributed by atoms with Crippen molar-refractivity contribution in [2.24, 2.45) is 0 Å². The molecule has 0 spiro atoms. The van der Waals surface area contributed by atoms with Gasteiger partial charge in [0.1, 0.15) is 23.2 Å². The molecule has 1 aromatic heterocycles. The Morgan fingerprint density at radius 2 is 2.04 bits per heavy atom. The number of ether oxygens (including phenoxy) is 1. The molecule has 1 aliphatic rings. The van der Waals surface area contributed by atoms with Gasteiger partial charge in [0, 0.05) is 19.6 Å². The van der Waals surface area contributed by atoms with Crippen molar-refractivity contribution in [3.05, 3.63) is 47.7 Å². The summed E-state index contributed by atoms with van der Waals surface area (Å²) in [6, 6.07) is 6.98. The van der Waals surface area contributed by atoms with Gasteiger partial charge in [0.15, 0.2) is 0 Å². The maximum absolute atomic E-state index is 13.9. The van der Waals surface area contributed by atoms with E-state index in [1.807, 2.05) is 0 Å². The van der Waals surface area contributed by atoms with Gasteiger partial charge in [0.25, 0.3) is 0 Å². The van der Waals surface area contributed by atoms with Crippen LogP contribution in [0.1, 0.15) is 5.76 Å². The average molecular weight is 380 g/mol. The summed E-state index contributed by atoms with van der Waals surface area (Å²) in [7, 11) is 1.73. The van der Waals surface area contributed by atoms with E-state index >= 15 is 0 Å². The lowest BCUT2D eigenvalue weighted by Gasteiger charge is -2.34. The third kappa shape index (κ3) is 5.12. The zero-order valence-electron chi connectivity index (χ0n) is 15.0. The Bertz CT molecular complexity index is 776. The van der Waals surface area contributed by atoms with E-state index in [0.29, 0.717) is 38.5 Å². The van der Waals surface area contributed by atoms with Gasteiger partial charge in [0.05, 0.1) is 31.4 Å². The number of nitrogens with zero attached hydrogens (tertiary/aromatic N) is 2. The summed E-state index contributed by atoms with van der Waals surface area (Å²) in [5.41, 5.74) is -0.168. The fourth-order valence-electron chi connectivity index (χ4n) is 3.23. The van der Waals surface area contributed by atoms with Gasteiger partial charge >= 0.3 is 5.97 Å². The van der Waals surface area contributed by atoms with Gasteiger partial charge in [0.2, 0.25) is 0 Å². The van der Waals surface area contributed by atoms with E-state index < -0.39 is 17.6 Å². The van der Waals surface area contributed by atoms with E-state index in [1.54, 1.807) is 24.1 Å². The van der Waals surface area contributed by atoms with Crippen LogP contribution < -0.4 is 0 Å². The topological polar surface area (TPSA) is 66.2 Å². The van der Waals surface area contributed by atoms with Crippen molar-refractivity contribution in [1.29, 1.82) is 0 Å². The zero-order valence-corrected chi connectivity index (χ0v) is 15.0. The summed E-state index contributed by atoms with van der Waals surface area (Å²) in [6.45, 7) is 2.79. The molecule has 8 heteroatoms. The van der Waals surface area contributed by atoms with E-state index in [2.05, 4.69) is 4.90 Å². The number of hydrogen-bond acceptors (Lipinski definition) is 5. The van der Waals surface area contributed by atoms with Crippen molar-refractivity contribution >= 4 is 5.97 Å². The Hall–Kier alpha value is -2.29. The Kier molecular flexibility index (Phi) is 6.20. The minimum absolute atomic E-state index is 0.0460. The van der Waals surface area contributed by atoms with Crippen molar-refractivity contribution in [1.82, 2.24) is 9.80 Å². The standard InChI is InChI=1S/C19H22F2N2O4/c1-22(12-18(24)25)9-14-11-23(7-8-26-14)10-13-5-6-17(27-13)19-15(20)3-2-4-16(19)21/h2-6,14H,7-12H2,1H3,(H,24,25). The highest BCUT2D eigenvalue weighted by Gasteiger charge is 2.23. The quantitative estimate of drug-likeness (QED) is 0.796. The Balaban J connectivity index is 1.61. The Morgan fingerprint density at radius 3 is 2.74 bits per heavy atom. The third-order valence-corrected chi connectivity index (χ3v) is 4.39. The lowest BCUT2D eigenvalue weighted by molar-refractivity contribution is -0.138. The van der Waals surface area contributed by atoms with E-state index in [9.17, 15) is 13.6 Å². The molecule has 1 aliphatic heterocycles. The number of aliphatic carboxylic acids is 1. The summed E-state index contributed by atoms with van der Waals surface area (Å²) < 4.78 is 39.1. The molecule has 2 aromatic rings. The number of carboxylic acids is 1. The van der Waals surface area contributed by atoms with Crippen molar-refractivity contribution in [2.75, 3.05) is 39.8 Å². The SMILES string of the molecule is CN(CC(=O)O)CC1CN(Cc2ccc(-c3c(F)cccc3F)o2)CCO1. The molecule has 27 heavy (non-hydrogen) atoms. The third-order valence-electron chi connectivity index (χ3n) is 4.39. The van der Waals surface area contributed by atoms with Crippen LogP contribution in [0.25, 0.3) is 11.3 Å². The Morgan fingerprint density at radius 1 is 1.30 bits per heavy atom. The predicted octanol–water partition coefficient (Wildman–Crippen LogP) is 2.44. The number of carbonyl (C=O) groups is 1. The fourth-order valence-corrected chi connectivity index (χ4v) is 3.23. The molecule has 0 radical (unpaired) electrons. The molecule has 0 saturated carbocycles. The van der Waals surface area contributed by atoms with Gasteiger partial charge < -0.3 is 14.3 Å². The van der Waals surface area contributed by atoms with E-state index in [0.717, 1.165) is 0 Å². The smallest absolute Gasteiger partial charge is 0.317 e. The second-order valence-electron chi connectivity index (χ2n) is 6.68. The molecule has 0 bridgehead atoms. The zero-order chi connectivity index (χ0) is 19.4. The molecule has 6 nitrogen and oxygen atoms in total. The van der Waals surface area contributed by atoms with Gasteiger partial charge in [-0.1, -0.05) is 6.07 Å². The molecule has 3 rings (SSSR count). The van der Waals surface area contributed by atoms with Crippen LogP contribution in [0.2, 0.25) is 0 Å². The molecule has 1 unspecified atom stereocenters. The van der Waals surface area contributed by atoms with Crippen molar-refractivity contribution < 1.29 is 27.8 Å². The van der Waals surface area contributed by atoms with E-state index in [1.165, 1.54) is 18.2 Å². The van der Waals surface area contributed by atoms with Crippen LogP contribution in [0.15, 0.2) is 34.7 Å². The Labute approximate surface area is 155 Å². The summed E-state index contributed by atoms with van der Waals surface area (Å²) in [5.74, 6) is -1.44. The molecule has 1 atom stereocenters. The first-order chi connectivity index (χ1) is 12.9. The molecule has 0 amide bonds. The van der Waals surface area contributed by atoms with Crippen molar-refractivity contribution in [3.8, 4) is 11.3 Å².